The van der Waals surface area contributed by atoms with E-state index in [9.17, 15) is 5.11 Å². The van der Waals surface area contributed by atoms with Crippen LogP contribution in [0.1, 0.15) is 50.7 Å². The number of aliphatic hydroxyl groups excluding tert-OH is 1. The average Bonchev–Trinajstić information content (AvgIpc) is 2.46. The number of aliphatic hydroxyl groups is 1. The predicted molar refractivity (Wildman–Crippen MR) is 74.9 cm³/mol. The molecule has 1 aromatic carbocycles. The number of hydrogen-bond donors (Lipinski definition) is 1. The van der Waals surface area contributed by atoms with Crippen molar-refractivity contribution in [1.29, 1.82) is 0 Å². The molecule has 2 rings (SSSR count). The first-order valence-corrected chi connectivity index (χ1v) is 7.01. The lowest BCUT2D eigenvalue weighted by atomic mass is 9.89. The maximum absolute atomic E-state index is 10.2. The molecule has 1 fully saturated rings. The van der Waals surface area contributed by atoms with Crippen LogP contribution in [0.15, 0.2) is 30.3 Å². The summed E-state index contributed by atoms with van der Waals surface area (Å²) in [5, 5.41) is 10.2. The fourth-order valence-electron chi connectivity index (χ4n) is 2.51. The first-order valence-electron chi connectivity index (χ1n) is 7.01. The van der Waals surface area contributed by atoms with Crippen LogP contribution in [0.2, 0.25) is 0 Å². The molecule has 18 heavy (non-hydrogen) atoms. The Bertz CT molecular complexity index is 406. The minimum absolute atomic E-state index is 0.00864. The molecule has 0 spiro atoms. The van der Waals surface area contributed by atoms with Crippen LogP contribution in [0.3, 0.4) is 0 Å². The maximum atomic E-state index is 10.2. The lowest BCUT2D eigenvalue weighted by Gasteiger charge is -2.17. The smallest absolute Gasteiger partial charge is 0.0924 e. The Labute approximate surface area is 110 Å². The molecule has 2 unspecified atom stereocenters. The Morgan fingerprint density at radius 2 is 1.78 bits per heavy atom. The van der Waals surface area contributed by atoms with Gasteiger partial charge in [0.05, 0.1) is 6.10 Å². The third-order valence-corrected chi connectivity index (χ3v) is 3.74. The summed E-state index contributed by atoms with van der Waals surface area (Å²) >= 11 is 0. The molecule has 1 N–H and O–H groups in total. The minimum atomic E-state index is -0.470. The standard InChI is InChI=1S/C17H22O/c1-14(12-13-15-8-4-2-5-9-15)17(18)16-10-6-3-7-11-16/h3,6-7,10-11,14-15,17-18H,2,4-5,8-9H2,1H3. The van der Waals surface area contributed by atoms with E-state index in [2.05, 4.69) is 11.8 Å². The molecule has 1 nitrogen and oxygen atoms in total. The van der Waals surface area contributed by atoms with Crippen LogP contribution in [-0.4, -0.2) is 5.11 Å². The van der Waals surface area contributed by atoms with E-state index >= 15 is 0 Å². The molecule has 2 atom stereocenters. The number of benzene rings is 1. The minimum Gasteiger partial charge on any atom is -0.387 e. The van der Waals surface area contributed by atoms with E-state index in [1.54, 1.807) is 0 Å². The molecule has 0 radical (unpaired) electrons. The normalized spacial score (nSPS) is 19.7. The first-order chi connectivity index (χ1) is 8.77. The summed E-state index contributed by atoms with van der Waals surface area (Å²) in [6, 6.07) is 9.81. The van der Waals surface area contributed by atoms with Crippen molar-refractivity contribution in [2.45, 2.75) is 45.1 Å². The van der Waals surface area contributed by atoms with Crippen molar-refractivity contribution in [2.75, 3.05) is 0 Å². The predicted octanol–water partition coefficient (Wildman–Crippen LogP) is 3.94. The van der Waals surface area contributed by atoms with Gasteiger partial charge in [-0.3, -0.25) is 0 Å². The molecule has 1 heteroatoms. The van der Waals surface area contributed by atoms with Gasteiger partial charge in [0.2, 0.25) is 0 Å². The van der Waals surface area contributed by atoms with Gasteiger partial charge in [-0.25, -0.2) is 0 Å². The quantitative estimate of drug-likeness (QED) is 0.779. The highest BCUT2D eigenvalue weighted by atomic mass is 16.3. The Hall–Kier alpha value is -1.26. The monoisotopic (exact) mass is 242 g/mol. The molecule has 1 aliphatic carbocycles. The zero-order chi connectivity index (χ0) is 12.8. The van der Waals surface area contributed by atoms with Gasteiger partial charge >= 0.3 is 0 Å². The van der Waals surface area contributed by atoms with Gasteiger partial charge in [0.15, 0.2) is 0 Å². The summed E-state index contributed by atoms with van der Waals surface area (Å²) < 4.78 is 0. The molecular formula is C17H22O. The van der Waals surface area contributed by atoms with E-state index in [-0.39, 0.29) is 5.92 Å². The van der Waals surface area contributed by atoms with Crippen molar-refractivity contribution in [2.24, 2.45) is 11.8 Å². The highest BCUT2D eigenvalue weighted by Crippen LogP contribution is 2.24. The van der Waals surface area contributed by atoms with E-state index in [1.165, 1.54) is 32.1 Å². The van der Waals surface area contributed by atoms with Crippen LogP contribution in [-0.2, 0) is 0 Å². The summed E-state index contributed by atoms with van der Waals surface area (Å²) in [6.07, 6.45) is 5.99. The molecule has 0 aromatic heterocycles. The van der Waals surface area contributed by atoms with E-state index in [1.807, 2.05) is 37.3 Å². The van der Waals surface area contributed by atoms with Gasteiger partial charge in [-0.05, 0) is 25.3 Å². The number of hydrogen-bond acceptors (Lipinski definition) is 1. The SMILES string of the molecule is CC(C#CC1CCCCC1)C(O)c1ccccc1. The summed E-state index contributed by atoms with van der Waals surface area (Å²) in [7, 11) is 0. The lowest BCUT2D eigenvalue weighted by molar-refractivity contribution is 0.143. The van der Waals surface area contributed by atoms with E-state index in [0.717, 1.165) is 5.56 Å². The summed E-state index contributed by atoms with van der Waals surface area (Å²) in [5.74, 6) is 7.18. The molecule has 1 aliphatic rings. The van der Waals surface area contributed by atoms with Gasteiger partial charge < -0.3 is 5.11 Å². The van der Waals surface area contributed by atoms with E-state index in [0.29, 0.717) is 5.92 Å². The van der Waals surface area contributed by atoms with Crippen LogP contribution in [0.25, 0.3) is 0 Å². The number of rotatable bonds is 2. The van der Waals surface area contributed by atoms with Crippen molar-refractivity contribution < 1.29 is 5.11 Å². The van der Waals surface area contributed by atoms with Crippen LogP contribution < -0.4 is 0 Å². The van der Waals surface area contributed by atoms with Gasteiger partial charge in [-0.15, -0.1) is 0 Å². The van der Waals surface area contributed by atoms with Crippen LogP contribution in [0, 0.1) is 23.7 Å². The van der Waals surface area contributed by atoms with Crippen molar-refractivity contribution in [3.8, 4) is 11.8 Å². The zero-order valence-corrected chi connectivity index (χ0v) is 11.1. The van der Waals surface area contributed by atoms with Crippen molar-refractivity contribution in [3.05, 3.63) is 35.9 Å². The lowest BCUT2D eigenvalue weighted by Crippen LogP contribution is -2.08. The van der Waals surface area contributed by atoms with Crippen molar-refractivity contribution in [3.63, 3.8) is 0 Å². The third-order valence-electron chi connectivity index (χ3n) is 3.74. The van der Waals surface area contributed by atoms with Crippen LogP contribution in [0.5, 0.6) is 0 Å². The van der Waals surface area contributed by atoms with Gasteiger partial charge in [0.1, 0.15) is 0 Å². The van der Waals surface area contributed by atoms with Gasteiger partial charge in [0.25, 0.3) is 0 Å². The molecule has 1 aromatic rings. The Balaban J connectivity index is 1.95. The molecular weight excluding hydrogens is 220 g/mol. The van der Waals surface area contributed by atoms with E-state index < -0.39 is 6.10 Å². The summed E-state index contributed by atoms with van der Waals surface area (Å²) in [5.41, 5.74) is 0.961. The topological polar surface area (TPSA) is 20.2 Å². The zero-order valence-electron chi connectivity index (χ0n) is 11.1. The largest absolute Gasteiger partial charge is 0.387 e. The summed E-state index contributed by atoms with van der Waals surface area (Å²) in [4.78, 5) is 0. The molecule has 0 bridgehead atoms. The molecule has 96 valence electrons. The molecule has 0 saturated heterocycles. The molecule has 1 saturated carbocycles. The average molecular weight is 242 g/mol. The summed E-state index contributed by atoms with van der Waals surface area (Å²) in [6.45, 7) is 2.01. The highest BCUT2D eigenvalue weighted by Gasteiger charge is 2.15. The second-order valence-electron chi connectivity index (χ2n) is 5.27. The Kier molecular flexibility index (Phi) is 4.84. The maximum Gasteiger partial charge on any atom is 0.0924 e. The second-order valence-corrected chi connectivity index (χ2v) is 5.27. The molecule has 0 heterocycles. The van der Waals surface area contributed by atoms with Crippen LogP contribution in [0.4, 0.5) is 0 Å². The van der Waals surface area contributed by atoms with Gasteiger partial charge in [-0.1, -0.05) is 61.4 Å². The molecule has 0 aliphatic heterocycles. The fourth-order valence-corrected chi connectivity index (χ4v) is 2.51. The van der Waals surface area contributed by atoms with Crippen LogP contribution >= 0.6 is 0 Å². The van der Waals surface area contributed by atoms with E-state index in [4.69, 9.17) is 0 Å². The van der Waals surface area contributed by atoms with Crippen molar-refractivity contribution in [1.82, 2.24) is 0 Å². The van der Waals surface area contributed by atoms with Gasteiger partial charge in [0, 0.05) is 11.8 Å². The second kappa shape index (κ2) is 6.61. The first kappa shape index (κ1) is 13.2. The van der Waals surface area contributed by atoms with Gasteiger partial charge in [-0.2, -0.15) is 0 Å². The third kappa shape index (κ3) is 3.62. The fraction of sp³-hybridized carbons (Fsp3) is 0.529. The Morgan fingerprint density at radius 1 is 1.11 bits per heavy atom. The Morgan fingerprint density at radius 3 is 2.44 bits per heavy atom. The van der Waals surface area contributed by atoms with Crippen molar-refractivity contribution >= 4 is 0 Å². The highest BCUT2D eigenvalue weighted by molar-refractivity contribution is 5.21. The molecule has 0 amide bonds.